The van der Waals surface area contributed by atoms with Gasteiger partial charge < -0.3 is 19.0 Å². The van der Waals surface area contributed by atoms with E-state index in [0.717, 1.165) is 25.7 Å². The summed E-state index contributed by atoms with van der Waals surface area (Å²) in [6.45, 7) is 9.18. The van der Waals surface area contributed by atoms with Crippen molar-refractivity contribution in [1.29, 1.82) is 0 Å². The summed E-state index contributed by atoms with van der Waals surface area (Å²) in [5.41, 5.74) is -1.14. The Balaban J connectivity index is 1.65. The maximum atomic E-state index is 11.5. The van der Waals surface area contributed by atoms with Gasteiger partial charge in [-0.05, 0) is 35.2 Å². The topological polar surface area (TPSA) is 47.9 Å². The quantitative estimate of drug-likeness (QED) is 0.690. The van der Waals surface area contributed by atoms with Gasteiger partial charge in [-0.2, -0.15) is 0 Å². The Morgan fingerprint density at radius 1 is 0.935 bits per heavy atom. The summed E-state index contributed by atoms with van der Waals surface area (Å²) in [5.74, 6) is -0.494. The van der Waals surface area contributed by atoms with E-state index in [2.05, 4.69) is 69.3 Å². The lowest BCUT2D eigenvalue weighted by molar-refractivity contribution is -0.189. The third-order valence-corrected chi connectivity index (χ3v) is 11.9. The fourth-order valence-electron chi connectivity index (χ4n) is 5.15. The molecule has 4 rings (SSSR count). The number of hydrogen-bond acceptors (Lipinski definition) is 4. The lowest BCUT2D eigenvalue weighted by atomic mass is 10.0. The summed E-state index contributed by atoms with van der Waals surface area (Å²) >= 11 is 0. The molecule has 0 aromatic heterocycles. The van der Waals surface area contributed by atoms with Crippen molar-refractivity contribution in [3.05, 3.63) is 60.7 Å². The monoisotopic (exact) mass is 440 g/mol. The molecule has 2 atom stereocenters. The summed E-state index contributed by atoms with van der Waals surface area (Å²) in [6.07, 6.45) is 3.68. The molecule has 168 valence electrons. The predicted molar refractivity (Wildman–Crippen MR) is 126 cm³/mol. The molecule has 2 aromatic carbocycles. The molecule has 1 saturated carbocycles. The largest absolute Gasteiger partial charge is 0.404 e. The molecule has 5 heteroatoms. The van der Waals surface area contributed by atoms with Gasteiger partial charge in [-0.3, -0.25) is 0 Å². The fraction of sp³-hybridized carbons (Fsp3) is 0.538. The molecule has 1 aliphatic carbocycles. The van der Waals surface area contributed by atoms with Gasteiger partial charge in [0.05, 0.1) is 13.2 Å². The molecule has 2 aromatic rings. The molecule has 2 aliphatic rings. The maximum Gasteiger partial charge on any atom is 0.261 e. The van der Waals surface area contributed by atoms with E-state index < -0.39 is 19.7 Å². The molecule has 1 N–H and O–H groups in total. The van der Waals surface area contributed by atoms with Crippen molar-refractivity contribution in [3.8, 4) is 0 Å². The van der Waals surface area contributed by atoms with Gasteiger partial charge >= 0.3 is 0 Å². The van der Waals surface area contributed by atoms with E-state index in [-0.39, 0.29) is 17.7 Å². The van der Waals surface area contributed by atoms with Crippen LogP contribution in [0.3, 0.4) is 0 Å². The zero-order chi connectivity index (χ0) is 22.2. The van der Waals surface area contributed by atoms with Crippen LogP contribution in [0, 0.1) is 0 Å². The van der Waals surface area contributed by atoms with E-state index in [1.165, 1.54) is 10.4 Å². The summed E-state index contributed by atoms with van der Waals surface area (Å²) in [5, 5.41) is 13.8. The van der Waals surface area contributed by atoms with Gasteiger partial charge in [-0.25, -0.2) is 0 Å². The van der Waals surface area contributed by atoms with Crippen molar-refractivity contribution >= 4 is 18.7 Å². The number of benzene rings is 2. The van der Waals surface area contributed by atoms with Gasteiger partial charge in [0, 0.05) is 12.8 Å². The van der Waals surface area contributed by atoms with E-state index in [9.17, 15) is 5.11 Å². The first-order chi connectivity index (χ1) is 14.7. The normalized spacial score (nSPS) is 23.2. The molecule has 1 spiro atoms. The van der Waals surface area contributed by atoms with Crippen LogP contribution in [0.5, 0.6) is 0 Å². The van der Waals surface area contributed by atoms with Crippen LogP contribution in [0.25, 0.3) is 0 Å². The number of aliphatic hydroxyl groups is 1. The second-order valence-electron chi connectivity index (χ2n) is 10.3. The van der Waals surface area contributed by atoms with Crippen LogP contribution in [0.4, 0.5) is 0 Å². The van der Waals surface area contributed by atoms with Crippen LogP contribution < -0.4 is 10.4 Å². The molecular formula is C26H36O4Si. The van der Waals surface area contributed by atoms with Crippen molar-refractivity contribution < 1.29 is 19.0 Å². The molecular weight excluding hydrogens is 404 g/mol. The van der Waals surface area contributed by atoms with Crippen LogP contribution in [0.2, 0.25) is 5.04 Å². The molecule has 1 unspecified atom stereocenters. The van der Waals surface area contributed by atoms with E-state index in [1.807, 2.05) is 19.1 Å². The Morgan fingerprint density at radius 2 is 1.45 bits per heavy atom. The van der Waals surface area contributed by atoms with E-state index in [1.54, 1.807) is 0 Å². The van der Waals surface area contributed by atoms with Crippen molar-refractivity contribution in [2.75, 3.05) is 13.2 Å². The summed E-state index contributed by atoms with van der Waals surface area (Å²) in [4.78, 5) is 0. The van der Waals surface area contributed by atoms with Gasteiger partial charge in [0.1, 0.15) is 11.7 Å². The number of ether oxygens (including phenoxy) is 2. The van der Waals surface area contributed by atoms with E-state index >= 15 is 0 Å². The van der Waals surface area contributed by atoms with Gasteiger partial charge in [0.25, 0.3) is 8.32 Å². The Bertz CT molecular complexity index is 814. The van der Waals surface area contributed by atoms with Crippen LogP contribution in [0.1, 0.15) is 53.4 Å². The van der Waals surface area contributed by atoms with Crippen LogP contribution in [-0.4, -0.2) is 44.1 Å². The maximum absolute atomic E-state index is 11.5. The van der Waals surface area contributed by atoms with Crippen LogP contribution in [0.15, 0.2) is 60.7 Å². The third kappa shape index (κ3) is 4.26. The molecule has 0 amide bonds. The highest BCUT2D eigenvalue weighted by molar-refractivity contribution is 6.99. The Morgan fingerprint density at radius 3 is 1.94 bits per heavy atom. The third-order valence-electron chi connectivity index (χ3n) is 6.91. The zero-order valence-electron chi connectivity index (χ0n) is 19.3. The smallest absolute Gasteiger partial charge is 0.261 e. The van der Waals surface area contributed by atoms with Crippen LogP contribution >= 0.6 is 0 Å². The van der Waals surface area contributed by atoms with Crippen molar-refractivity contribution in [3.63, 3.8) is 0 Å². The Labute approximate surface area is 187 Å². The lowest BCUT2D eigenvalue weighted by Gasteiger charge is -2.45. The first-order valence-electron chi connectivity index (χ1n) is 11.5. The molecule has 1 saturated heterocycles. The van der Waals surface area contributed by atoms with E-state index in [0.29, 0.717) is 6.61 Å². The second-order valence-corrected chi connectivity index (χ2v) is 14.7. The number of hydrogen-bond donors (Lipinski definition) is 1. The SMILES string of the molecule is CC(O)(CO[Si](c1ccccc1)(c1ccccc1)C(C)(C)C)[C@@H]1COC2(CCCC2)O1. The predicted octanol–water partition coefficient (Wildman–Crippen LogP) is 4.00. The van der Waals surface area contributed by atoms with Crippen LogP contribution in [-0.2, 0) is 13.9 Å². The van der Waals surface area contributed by atoms with Gasteiger partial charge in [0.15, 0.2) is 5.79 Å². The highest BCUT2D eigenvalue weighted by Crippen LogP contribution is 2.42. The highest BCUT2D eigenvalue weighted by atomic mass is 28.4. The minimum Gasteiger partial charge on any atom is -0.404 e. The molecule has 31 heavy (non-hydrogen) atoms. The molecule has 1 heterocycles. The number of rotatable bonds is 6. The fourth-order valence-corrected chi connectivity index (χ4v) is 9.81. The zero-order valence-corrected chi connectivity index (χ0v) is 20.3. The minimum absolute atomic E-state index is 0.133. The molecule has 0 radical (unpaired) electrons. The summed E-state index contributed by atoms with van der Waals surface area (Å²) in [7, 11) is -2.71. The molecule has 1 aliphatic heterocycles. The highest BCUT2D eigenvalue weighted by Gasteiger charge is 2.54. The first-order valence-corrected chi connectivity index (χ1v) is 13.4. The summed E-state index contributed by atoms with van der Waals surface area (Å²) < 4.78 is 19.3. The average Bonchev–Trinajstić information content (AvgIpc) is 3.39. The summed E-state index contributed by atoms with van der Waals surface area (Å²) in [6, 6.07) is 21.0. The molecule has 2 fully saturated rings. The van der Waals surface area contributed by atoms with Crippen molar-refractivity contribution in [2.24, 2.45) is 0 Å². The first kappa shape index (κ1) is 22.7. The van der Waals surface area contributed by atoms with Gasteiger partial charge in [-0.1, -0.05) is 81.4 Å². The second kappa shape index (κ2) is 8.45. The Hall–Kier alpha value is -1.50. The lowest BCUT2D eigenvalue weighted by Crippen LogP contribution is -2.68. The molecule has 0 bridgehead atoms. The molecule has 4 nitrogen and oxygen atoms in total. The Kier molecular flexibility index (Phi) is 6.18. The van der Waals surface area contributed by atoms with Gasteiger partial charge in [0.2, 0.25) is 0 Å². The van der Waals surface area contributed by atoms with Crippen molar-refractivity contribution in [1.82, 2.24) is 0 Å². The van der Waals surface area contributed by atoms with E-state index in [4.69, 9.17) is 13.9 Å². The standard InChI is InChI=1S/C26H36O4Si/c1-24(2,3)31(21-13-7-5-8-14-21,22-15-9-6-10-16-22)29-20-25(4,27)23-19-28-26(30-23)17-11-12-18-26/h5-10,13-16,23,27H,11-12,17-20H2,1-4H3/t23-,25?/m0/s1. The average molecular weight is 441 g/mol. The van der Waals surface area contributed by atoms with Gasteiger partial charge in [-0.15, -0.1) is 0 Å². The minimum atomic E-state index is -2.71. The van der Waals surface area contributed by atoms with Crippen molar-refractivity contribution in [2.45, 2.75) is 75.9 Å².